The second-order valence-corrected chi connectivity index (χ2v) is 11.2. The van der Waals surface area contributed by atoms with Crippen molar-refractivity contribution in [1.82, 2.24) is 4.90 Å². The molecule has 3 aromatic rings. The van der Waals surface area contributed by atoms with Gasteiger partial charge >= 0.3 is 0 Å². The summed E-state index contributed by atoms with van der Waals surface area (Å²) in [6, 6.07) is 18.9. The van der Waals surface area contributed by atoms with Crippen LogP contribution in [0, 0.1) is 6.92 Å². The zero-order valence-electron chi connectivity index (χ0n) is 20.0. The summed E-state index contributed by atoms with van der Waals surface area (Å²) in [6.45, 7) is 3.62. The fourth-order valence-corrected chi connectivity index (χ4v) is 6.10. The Hall–Kier alpha value is -2.94. The molecule has 0 aliphatic carbocycles. The van der Waals surface area contributed by atoms with Crippen LogP contribution in [-0.2, 0) is 14.8 Å². The normalized spacial score (nSPS) is 14.0. The van der Waals surface area contributed by atoms with Crippen molar-refractivity contribution in [2.45, 2.75) is 11.8 Å². The Bertz CT molecular complexity index is 1340. The van der Waals surface area contributed by atoms with Crippen molar-refractivity contribution in [3.63, 3.8) is 0 Å². The van der Waals surface area contributed by atoms with E-state index in [0.717, 1.165) is 15.6 Å². The predicted octanol–water partition coefficient (Wildman–Crippen LogP) is 4.85. The molecule has 7 nitrogen and oxygen atoms in total. The van der Waals surface area contributed by atoms with Crippen LogP contribution in [0.15, 0.2) is 71.6 Å². The third kappa shape index (κ3) is 5.72. The van der Waals surface area contributed by atoms with Crippen LogP contribution in [0.3, 0.4) is 0 Å². The maximum Gasteiger partial charge on any atom is 0.268 e. The summed E-state index contributed by atoms with van der Waals surface area (Å²) in [6.07, 6.45) is 0. The Morgan fingerprint density at radius 3 is 2.28 bits per heavy atom. The number of sulfonamides is 1. The Morgan fingerprint density at radius 2 is 1.64 bits per heavy atom. The van der Waals surface area contributed by atoms with E-state index in [2.05, 4.69) is 4.90 Å². The van der Waals surface area contributed by atoms with Crippen molar-refractivity contribution in [2.75, 3.05) is 49.0 Å². The SMILES string of the molecule is COc1ccc(C)cc1S(=O)(=O)N(CC(=O)N1CCN(c2cccc(Cl)c2)CC1)c1ccc(Cl)cc1. The van der Waals surface area contributed by atoms with Crippen LogP contribution in [0.2, 0.25) is 10.0 Å². The summed E-state index contributed by atoms with van der Waals surface area (Å²) in [5, 5.41) is 1.12. The molecule has 0 bridgehead atoms. The molecular formula is C26H27Cl2N3O4S. The van der Waals surface area contributed by atoms with Gasteiger partial charge in [-0.05, 0) is 67.1 Å². The lowest BCUT2D eigenvalue weighted by molar-refractivity contribution is -0.129. The number of ether oxygens (including phenoxy) is 1. The fraction of sp³-hybridized carbons (Fsp3) is 0.269. The highest BCUT2D eigenvalue weighted by molar-refractivity contribution is 7.93. The standard InChI is InChI=1S/C26H27Cl2N3O4S/c1-19-6-11-24(35-2)25(16-19)36(33,34)31(22-9-7-20(27)8-10-22)18-26(32)30-14-12-29(13-15-30)23-5-3-4-21(28)17-23/h3-11,16-17H,12-15,18H2,1-2H3. The molecule has 10 heteroatoms. The largest absolute Gasteiger partial charge is 0.495 e. The first-order chi connectivity index (χ1) is 17.2. The van der Waals surface area contributed by atoms with Crippen molar-refractivity contribution < 1.29 is 17.9 Å². The number of methoxy groups -OCH3 is 1. The minimum absolute atomic E-state index is 0.00137. The molecule has 1 fully saturated rings. The first kappa shape index (κ1) is 26.1. The van der Waals surface area contributed by atoms with Gasteiger partial charge in [0.15, 0.2) is 0 Å². The molecule has 1 aliphatic rings. The number of piperazine rings is 1. The second kappa shape index (κ2) is 11.0. The molecule has 1 aliphatic heterocycles. The van der Waals surface area contributed by atoms with Gasteiger partial charge in [-0.15, -0.1) is 0 Å². The maximum absolute atomic E-state index is 13.9. The molecule has 4 rings (SSSR count). The van der Waals surface area contributed by atoms with E-state index in [-0.39, 0.29) is 23.1 Å². The van der Waals surface area contributed by atoms with Crippen LogP contribution < -0.4 is 13.9 Å². The van der Waals surface area contributed by atoms with Crippen LogP contribution in [0.4, 0.5) is 11.4 Å². The van der Waals surface area contributed by atoms with E-state index in [1.54, 1.807) is 54.3 Å². The Morgan fingerprint density at radius 1 is 0.944 bits per heavy atom. The van der Waals surface area contributed by atoms with Crippen LogP contribution in [-0.4, -0.2) is 59.1 Å². The molecule has 36 heavy (non-hydrogen) atoms. The Labute approximate surface area is 221 Å². The minimum atomic E-state index is -4.13. The molecule has 0 atom stereocenters. The summed E-state index contributed by atoms with van der Waals surface area (Å²) < 4.78 is 34.2. The van der Waals surface area contributed by atoms with Gasteiger partial charge in [0.2, 0.25) is 5.91 Å². The van der Waals surface area contributed by atoms with Crippen LogP contribution in [0.5, 0.6) is 5.75 Å². The Kier molecular flexibility index (Phi) is 7.97. The molecule has 0 saturated carbocycles. The summed E-state index contributed by atoms with van der Waals surface area (Å²) in [4.78, 5) is 17.2. The van der Waals surface area contributed by atoms with Crippen molar-refractivity contribution in [3.05, 3.63) is 82.3 Å². The third-order valence-corrected chi connectivity index (χ3v) is 8.37. The lowest BCUT2D eigenvalue weighted by atomic mass is 10.2. The highest BCUT2D eigenvalue weighted by atomic mass is 35.5. The average Bonchev–Trinajstić information content (AvgIpc) is 2.88. The number of halogens is 2. The number of rotatable bonds is 7. The highest BCUT2D eigenvalue weighted by Crippen LogP contribution is 2.31. The molecular weight excluding hydrogens is 521 g/mol. The minimum Gasteiger partial charge on any atom is -0.495 e. The smallest absolute Gasteiger partial charge is 0.268 e. The molecule has 0 unspecified atom stereocenters. The summed E-state index contributed by atoms with van der Waals surface area (Å²) in [7, 11) is -2.71. The second-order valence-electron chi connectivity index (χ2n) is 8.49. The lowest BCUT2D eigenvalue weighted by Crippen LogP contribution is -2.52. The first-order valence-corrected chi connectivity index (χ1v) is 13.6. The maximum atomic E-state index is 13.9. The molecule has 190 valence electrons. The van der Waals surface area contributed by atoms with Gasteiger partial charge in [0.1, 0.15) is 17.2 Å². The zero-order valence-corrected chi connectivity index (χ0v) is 22.4. The van der Waals surface area contributed by atoms with E-state index in [1.807, 2.05) is 24.3 Å². The van der Waals surface area contributed by atoms with E-state index in [0.29, 0.717) is 41.9 Å². The quantitative estimate of drug-likeness (QED) is 0.422. The van der Waals surface area contributed by atoms with Gasteiger partial charge in [-0.3, -0.25) is 9.10 Å². The number of hydrogen-bond acceptors (Lipinski definition) is 5. The van der Waals surface area contributed by atoms with Crippen LogP contribution in [0.25, 0.3) is 0 Å². The van der Waals surface area contributed by atoms with Gasteiger partial charge in [0.25, 0.3) is 10.0 Å². The predicted molar refractivity (Wildman–Crippen MR) is 144 cm³/mol. The van der Waals surface area contributed by atoms with Gasteiger partial charge < -0.3 is 14.5 Å². The number of hydrogen-bond donors (Lipinski definition) is 0. The highest BCUT2D eigenvalue weighted by Gasteiger charge is 2.32. The number of nitrogens with zero attached hydrogens (tertiary/aromatic N) is 3. The molecule has 1 amide bonds. The van der Waals surface area contributed by atoms with Crippen molar-refractivity contribution in [3.8, 4) is 5.75 Å². The van der Waals surface area contributed by atoms with Crippen molar-refractivity contribution >= 4 is 50.5 Å². The Balaban J connectivity index is 1.58. The van der Waals surface area contributed by atoms with E-state index in [4.69, 9.17) is 27.9 Å². The van der Waals surface area contributed by atoms with Crippen LogP contribution >= 0.6 is 23.2 Å². The summed E-state index contributed by atoms with van der Waals surface area (Å²) in [5.74, 6) is -0.0759. The number of aryl methyl sites for hydroxylation is 1. The average molecular weight is 548 g/mol. The van der Waals surface area contributed by atoms with Gasteiger partial charge in [-0.25, -0.2) is 8.42 Å². The zero-order chi connectivity index (χ0) is 25.9. The number of amides is 1. The molecule has 3 aromatic carbocycles. The molecule has 1 heterocycles. The topological polar surface area (TPSA) is 70.2 Å². The van der Waals surface area contributed by atoms with Crippen molar-refractivity contribution in [2.24, 2.45) is 0 Å². The van der Waals surface area contributed by atoms with E-state index >= 15 is 0 Å². The van der Waals surface area contributed by atoms with Crippen LogP contribution in [0.1, 0.15) is 5.56 Å². The molecule has 0 spiro atoms. The molecule has 0 aromatic heterocycles. The van der Waals surface area contributed by atoms with Gasteiger partial charge in [0.05, 0.1) is 12.8 Å². The summed E-state index contributed by atoms with van der Waals surface area (Å²) in [5.41, 5.74) is 2.09. The van der Waals surface area contributed by atoms with E-state index < -0.39 is 10.0 Å². The van der Waals surface area contributed by atoms with E-state index in [9.17, 15) is 13.2 Å². The number of carbonyl (C=O) groups excluding carboxylic acids is 1. The molecule has 0 N–H and O–H groups in total. The number of carbonyl (C=O) groups is 1. The lowest BCUT2D eigenvalue weighted by Gasteiger charge is -2.37. The van der Waals surface area contributed by atoms with Gasteiger partial charge in [0, 0.05) is 41.9 Å². The van der Waals surface area contributed by atoms with E-state index in [1.165, 1.54) is 7.11 Å². The van der Waals surface area contributed by atoms with Gasteiger partial charge in [-0.1, -0.05) is 35.3 Å². The third-order valence-electron chi connectivity index (χ3n) is 6.09. The number of anilines is 2. The van der Waals surface area contributed by atoms with Crippen molar-refractivity contribution in [1.29, 1.82) is 0 Å². The monoisotopic (exact) mass is 547 g/mol. The van der Waals surface area contributed by atoms with Gasteiger partial charge in [-0.2, -0.15) is 0 Å². The molecule has 0 radical (unpaired) electrons. The number of benzene rings is 3. The summed E-state index contributed by atoms with van der Waals surface area (Å²) >= 11 is 12.2. The fourth-order valence-electron chi connectivity index (χ4n) is 4.14. The molecule has 1 saturated heterocycles. The first-order valence-electron chi connectivity index (χ1n) is 11.4.